The molecule has 27 heavy (non-hydrogen) atoms. The van der Waals surface area contributed by atoms with Gasteiger partial charge in [-0.3, -0.25) is 4.79 Å². The first kappa shape index (κ1) is 17.8. The van der Waals surface area contributed by atoms with Crippen LogP contribution in [0.15, 0.2) is 40.7 Å². The van der Waals surface area contributed by atoms with Gasteiger partial charge in [-0.2, -0.15) is 5.10 Å². The van der Waals surface area contributed by atoms with E-state index in [1.807, 2.05) is 29.3 Å². The second-order valence-corrected chi connectivity index (χ2v) is 7.89. The molecule has 0 aliphatic carbocycles. The van der Waals surface area contributed by atoms with Gasteiger partial charge in [-0.1, -0.05) is 17.8 Å². The number of fused-ring (bicyclic) bond motifs is 1. The largest absolute Gasteiger partial charge is 0.378 e. The summed E-state index contributed by atoms with van der Waals surface area (Å²) in [7, 11) is 1.98. The fourth-order valence-corrected chi connectivity index (χ4v) is 4.11. The van der Waals surface area contributed by atoms with Crippen molar-refractivity contribution in [3.05, 3.63) is 58.4 Å². The van der Waals surface area contributed by atoms with Crippen LogP contribution >= 0.6 is 11.8 Å². The molecule has 0 fully saturated rings. The maximum atomic E-state index is 14.5. The minimum Gasteiger partial charge on any atom is -0.378 e. The molecule has 0 unspecified atom stereocenters. The van der Waals surface area contributed by atoms with Crippen molar-refractivity contribution < 1.29 is 9.18 Å². The van der Waals surface area contributed by atoms with Crippen LogP contribution in [0.1, 0.15) is 28.5 Å². The number of aromatic nitrogens is 2. The number of amidine groups is 1. The highest BCUT2D eigenvalue weighted by atomic mass is 32.2. The van der Waals surface area contributed by atoms with Gasteiger partial charge in [0.05, 0.1) is 6.54 Å². The number of hydrogen-bond acceptors (Lipinski definition) is 6. The topological polar surface area (TPSA) is 76.5 Å². The van der Waals surface area contributed by atoms with Crippen LogP contribution in [0, 0.1) is 5.82 Å². The number of rotatable bonds is 4. The summed E-state index contributed by atoms with van der Waals surface area (Å²) in [6.45, 7) is 3.48. The number of nitrogens with two attached hydrogens (primary N) is 1. The average Bonchev–Trinajstić information content (AvgIpc) is 3.19. The first-order valence-corrected chi connectivity index (χ1v) is 9.54. The van der Waals surface area contributed by atoms with Gasteiger partial charge in [-0.25, -0.2) is 14.1 Å². The van der Waals surface area contributed by atoms with Gasteiger partial charge in [0.2, 0.25) is 0 Å². The normalized spacial score (nSPS) is 21.3. The molecule has 1 aromatic heterocycles. The Labute approximate surface area is 160 Å². The van der Waals surface area contributed by atoms with Crippen LogP contribution in [-0.4, -0.2) is 34.3 Å². The third kappa shape index (κ3) is 3.25. The highest BCUT2D eigenvalue weighted by Gasteiger charge is 2.29. The minimum atomic E-state index is -0.878. The van der Waals surface area contributed by atoms with Crippen molar-refractivity contribution >= 4 is 28.5 Å². The highest BCUT2D eigenvalue weighted by molar-refractivity contribution is 8.16. The van der Waals surface area contributed by atoms with Crippen LogP contribution in [-0.2, 0) is 18.5 Å². The first-order valence-electron chi connectivity index (χ1n) is 8.66. The number of likely N-dealkylation sites (N-methyl/N-ethyl adjacent to an activating group) is 1. The van der Waals surface area contributed by atoms with Crippen LogP contribution in [0.5, 0.6) is 0 Å². The molecule has 1 aromatic carbocycles. The Morgan fingerprint density at radius 3 is 2.93 bits per heavy atom. The number of anilines is 1. The Balaban J connectivity index is 1.60. The maximum absolute atomic E-state index is 14.5. The number of ketones is 1. The molecule has 8 heteroatoms. The van der Waals surface area contributed by atoms with Crippen molar-refractivity contribution in [1.29, 1.82) is 0 Å². The summed E-state index contributed by atoms with van der Waals surface area (Å²) in [6, 6.07) is 6.52. The molecule has 140 valence electrons. The summed E-state index contributed by atoms with van der Waals surface area (Å²) in [4.78, 5) is 19.1. The first-order chi connectivity index (χ1) is 12.9. The van der Waals surface area contributed by atoms with Crippen LogP contribution in [0.4, 0.5) is 10.2 Å². The van der Waals surface area contributed by atoms with Gasteiger partial charge in [0.25, 0.3) is 0 Å². The van der Waals surface area contributed by atoms with E-state index < -0.39 is 5.54 Å². The molecule has 6 nitrogen and oxygen atoms in total. The summed E-state index contributed by atoms with van der Waals surface area (Å²) >= 11 is 1.30. The van der Waals surface area contributed by atoms with E-state index in [2.05, 4.69) is 15.0 Å². The quantitative estimate of drug-likeness (QED) is 0.819. The van der Waals surface area contributed by atoms with Crippen molar-refractivity contribution in [2.75, 3.05) is 18.5 Å². The van der Waals surface area contributed by atoms with E-state index in [0.29, 0.717) is 16.4 Å². The van der Waals surface area contributed by atoms with E-state index in [4.69, 9.17) is 5.73 Å². The Kier molecular flexibility index (Phi) is 4.30. The standard InChI is InChI=1S/C19H20FN5OS/c1-19(5-8-27-18(21)22-19)13-9-12(3-4-14(13)20)10-16(26)15-11-17-24(2)6-7-25(17)23-15/h3-5,8-9,11H,6-7,10H2,1-2H3,(H2,21,22)/t19-/m0/s1. The number of nitrogens with zero attached hydrogens (tertiary/aromatic N) is 4. The molecule has 4 rings (SSSR count). The molecule has 2 aromatic rings. The van der Waals surface area contributed by atoms with Crippen LogP contribution in [0.3, 0.4) is 0 Å². The van der Waals surface area contributed by atoms with Crippen molar-refractivity contribution in [3.8, 4) is 0 Å². The Hall–Kier alpha value is -2.61. The second kappa shape index (κ2) is 6.53. The summed E-state index contributed by atoms with van der Waals surface area (Å²) in [5.74, 6) is 0.482. The van der Waals surface area contributed by atoms with Gasteiger partial charge in [0.15, 0.2) is 11.0 Å². The number of benzene rings is 1. The van der Waals surface area contributed by atoms with Gasteiger partial charge >= 0.3 is 0 Å². The van der Waals surface area contributed by atoms with Crippen molar-refractivity contribution in [1.82, 2.24) is 9.78 Å². The van der Waals surface area contributed by atoms with E-state index in [1.54, 1.807) is 19.1 Å². The van der Waals surface area contributed by atoms with Gasteiger partial charge in [0, 0.05) is 31.6 Å². The molecule has 0 amide bonds. The number of thioether (sulfide) groups is 1. The van der Waals surface area contributed by atoms with E-state index >= 15 is 0 Å². The number of halogens is 1. The zero-order valence-corrected chi connectivity index (χ0v) is 16.0. The number of carbonyl (C=O) groups is 1. The molecule has 0 saturated heterocycles. The molecule has 0 spiro atoms. The number of Topliss-reactive ketones (excluding diaryl/α,β-unsaturated/α-hetero) is 1. The van der Waals surface area contributed by atoms with Crippen LogP contribution in [0.2, 0.25) is 0 Å². The van der Waals surface area contributed by atoms with E-state index in [0.717, 1.165) is 24.5 Å². The zero-order chi connectivity index (χ0) is 19.2. The molecule has 0 bridgehead atoms. The lowest BCUT2D eigenvalue weighted by Gasteiger charge is -2.26. The average molecular weight is 385 g/mol. The molecule has 0 radical (unpaired) electrons. The maximum Gasteiger partial charge on any atom is 0.187 e. The van der Waals surface area contributed by atoms with Gasteiger partial charge in [-0.15, -0.1) is 0 Å². The molecule has 2 N–H and O–H groups in total. The van der Waals surface area contributed by atoms with Crippen LogP contribution in [0.25, 0.3) is 0 Å². The summed E-state index contributed by atoms with van der Waals surface area (Å²) in [6.07, 6.45) is 1.97. The fraction of sp³-hybridized carbons (Fsp3) is 0.316. The summed E-state index contributed by atoms with van der Waals surface area (Å²) in [5, 5.41) is 6.58. The zero-order valence-electron chi connectivity index (χ0n) is 15.1. The fourth-order valence-electron chi connectivity index (χ4n) is 3.40. The van der Waals surface area contributed by atoms with Crippen molar-refractivity contribution in [3.63, 3.8) is 0 Å². The van der Waals surface area contributed by atoms with Gasteiger partial charge in [-0.05, 0) is 36.1 Å². The molecule has 2 aliphatic heterocycles. The number of aliphatic imine (C=N–C) groups is 1. The lowest BCUT2D eigenvalue weighted by atomic mass is 9.90. The van der Waals surface area contributed by atoms with E-state index in [-0.39, 0.29) is 18.0 Å². The molecule has 1 atom stereocenters. The lowest BCUT2D eigenvalue weighted by Crippen LogP contribution is -2.25. The van der Waals surface area contributed by atoms with Crippen LogP contribution < -0.4 is 10.6 Å². The highest BCUT2D eigenvalue weighted by Crippen LogP contribution is 2.34. The van der Waals surface area contributed by atoms with Crippen molar-refractivity contribution in [2.45, 2.75) is 25.4 Å². The van der Waals surface area contributed by atoms with Crippen molar-refractivity contribution in [2.24, 2.45) is 10.7 Å². The Morgan fingerprint density at radius 2 is 2.19 bits per heavy atom. The number of hydrogen-bond donors (Lipinski definition) is 1. The third-order valence-corrected chi connectivity index (χ3v) is 5.55. The van der Waals surface area contributed by atoms with Gasteiger partial charge in [0.1, 0.15) is 22.9 Å². The molecule has 2 aliphatic rings. The lowest BCUT2D eigenvalue weighted by molar-refractivity contribution is 0.0987. The van der Waals surface area contributed by atoms with E-state index in [1.165, 1.54) is 17.8 Å². The molecular weight excluding hydrogens is 365 g/mol. The second-order valence-electron chi connectivity index (χ2n) is 6.96. The molecular formula is C19H20FN5OS. The Bertz CT molecular complexity index is 982. The summed E-state index contributed by atoms with van der Waals surface area (Å²) < 4.78 is 16.3. The molecule has 3 heterocycles. The smallest absolute Gasteiger partial charge is 0.187 e. The monoisotopic (exact) mass is 385 g/mol. The predicted molar refractivity (Wildman–Crippen MR) is 106 cm³/mol. The predicted octanol–water partition coefficient (Wildman–Crippen LogP) is 2.69. The van der Waals surface area contributed by atoms with Gasteiger partial charge < -0.3 is 10.6 Å². The van der Waals surface area contributed by atoms with E-state index in [9.17, 15) is 9.18 Å². The third-order valence-electron chi connectivity index (χ3n) is 4.95. The summed E-state index contributed by atoms with van der Waals surface area (Å²) in [5.41, 5.74) is 6.49. The SMILES string of the molecule is CN1CCn2nc(C(=O)Cc3ccc(F)c([C@]4(C)C=CSC(N)=N4)c3)cc21. The minimum absolute atomic E-state index is 0.0919. The Morgan fingerprint density at radius 1 is 1.37 bits per heavy atom. The molecule has 0 saturated carbocycles. The number of carbonyl (C=O) groups excluding carboxylic acids is 1.